The van der Waals surface area contributed by atoms with Crippen molar-refractivity contribution in [2.75, 3.05) is 5.73 Å². The maximum absolute atomic E-state index is 5.77. The van der Waals surface area contributed by atoms with Crippen LogP contribution in [0.2, 0.25) is 0 Å². The van der Waals surface area contributed by atoms with E-state index in [4.69, 9.17) is 5.73 Å². The topological polar surface area (TPSA) is 26.0 Å². The van der Waals surface area contributed by atoms with Crippen molar-refractivity contribution in [3.05, 3.63) is 78.9 Å². The van der Waals surface area contributed by atoms with E-state index in [2.05, 4.69) is 66.7 Å². The average molecular weight is 269 g/mol. The number of fused-ring (bicyclic) bond motifs is 3. The van der Waals surface area contributed by atoms with E-state index in [1.54, 1.807) is 0 Å². The molecule has 0 aliphatic carbocycles. The van der Waals surface area contributed by atoms with Crippen molar-refractivity contribution in [2.24, 2.45) is 0 Å². The van der Waals surface area contributed by atoms with Crippen molar-refractivity contribution in [3.63, 3.8) is 0 Å². The Balaban J connectivity index is 2.00. The van der Waals surface area contributed by atoms with Crippen LogP contribution in [0.25, 0.3) is 32.7 Å². The van der Waals surface area contributed by atoms with Crippen molar-refractivity contribution in [1.29, 1.82) is 0 Å². The summed E-state index contributed by atoms with van der Waals surface area (Å²) in [4.78, 5) is 0. The Bertz CT molecular complexity index is 937. The highest BCUT2D eigenvalue weighted by molar-refractivity contribution is 6.08. The number of hydrogen-bond acceptors (Lipinski definition) is 1. The molecular formula is C20H15N. The minimum Gasteiger partial charge on any atom is -0.399 e. The molecule has 0 saturated heterocycles. The van der Waals surface area contributed by atoms with Crippen LogP contribution >= 0.6 is 0 Å². The number of anilines is 1. The Morgan fingerprint density at radius 1 is 0.524 bits per heavy atom. The summed E-state index contributed by atoms with van der Waals surface area (Å²) in [6, 6.07) is 27.5. The lowest BCUT2D eigenvalue weighted by Gasteiger charge is -2.07. The summed E-state index contributed by atoms with van der Waals surface area (Å²) in [6.45, 7) is 0. The minimum absolute atomic E-state index is 0.796. The maximum atomic E-state index is 5.77. The second-order valence-corrected chi connectivity index (χ2v) is 5.34. The van der Waals surface area contributed by atoms with Crippen molar-refractivity contribution in [1.82, 2.24) is 0 Å². The van der Waals surface area contributed by atoms with Gasteiger partial charge in [-0.2, -0.15) is 0 Å². The van der Waals surface area contributed by atoms with E-state index in [-0.39, 0.29) is 0 Å². The number of rotatable bonds is 1. The molecule has 1 nitrogen and oxygen atoms in total. The van der Waals surface area contributed by atoms with Crippen LogP contribution in [0.3, 0.4) is 0 Å². The smallest absolute Gasteiger partial charge is 0.0314 e. The van der Waals surface area contributed by atoms with Gasteiger partial charge in [0.15, 0.2) is 0 Å². The molecule has 4 rings (SSSR count). The van der Waals surface area contributed by atoms with Crippen LogP contribution in [0.5, 0.6) is 0 Å². The van der Waals surface area contributed by atoms with Gasteiger partial charge >= 0.3 is 0 Å². The third kappa shape index (κ3) is 2.03. The molecule has 0 unspecified atom stereocenters. The summed E-state index contributed by atoms with van der Waals surface area (Å²) in [5, 5.41) is 5.14. The van der Waals surface area contributed by atoms with Gasteiger partial charge in [0.05, 0.1) is 0 Å². The van der Waals surface area contributed by atoms with Gasteiger partial charge < -0.3 is 5.73 Å². The standard InChI is InChI=1S/C20H15N/c21-18-11-9-14(10-12-18)17-8-7-16-6-5-15-3-1-2-4-19(15)20(16)13-17/h1-13H,21H2. The van der Waals surface area contributed by atoms with Gasteiger partial charge in [0.1, 0.15) is 0 Å². The first-order chi connectivity index (χ1) is 10.3. The molecule has 2 N–H and O–H groups in total. The van der Waals surface area contributed by atoms with Gasteiger partial charge in [-0.15, -0.1) is 0 Å². The maximum Gasteiger partial charge on any atom is 0.0314 e. The highest BCUT2D eigenvalue weighted by Gasteiger charge is 2.03. The number of nitrogens with two attached hydrogens (primary N) is 1. The first-order valence-corrected chi connectivity index (χ1v) is 7.09. The number of nitrogen functional groups attached to an aromatic ring is 1. The van der Waals surface area contributed by atoms with Crippen molar-refractivity contribution in [3.8, 4) is 11.1 Å². The quantitative estimate of drug-likeness (QED) is 0.371. The average Bonchev–Trinajstić information content (AvgIpc) is 2.55. The number of hydrogen-bond donors (Lipinski definition) is 1. The predicted octanol–water partition coefficient (Wildman–Crippen LogP) is 5.24. The molecule has 0 bridgehead atoms. The van der Waals surface area contributed by atoms with Crippen LogP contribution in [0.4, 0.5) is 5.69 Å². The highest BCUT2D eigenvalue weighted by atomic mass is 14.5. The third-order valence-electron chi connectivity index (χ3n) is 3.99. The highest BCUT2D eigenvalue weighted by Crippen LogP contribution is 2.30. The summed E-state index contributed by atoms with van der Waals surface area (Å²) in [6.07, 6.45) is 0. The van der Waals surface area contributed by atoms with Gasteiger partial charge in [-0.3, -0.25) is 0 Å². The molecule has 0 radical (unpaired) electrons. The molecule has 4 aromatic carbocycles. The second-order valence-electron chi connectivity index (χ2n) is 5.34. The van der Waals surface area contributed by atoms with E-state index in [9.17, 15) is 0 Å². The van der Waals surface area contributed by atoms with Gasteiger partial charge in [0.2, 0.25) is 0 Å². The van der Waals surface area contributed by atoms with E-state index in [0.29, 0.717) is 0 Å². The summed E-state index contributed by atoms with van der Waals surface area (Å²) < 4.78 is 0. The summed E-state index contributed by atoms with van der Waals surface area (Å²) in [7, 11) is 0. The molecule has 0 aliphatic heterocycles. The van der Waals surface area contributed by atoms with E-state index < -0.39 is 0 Å². The van der Waals surface area contributed by atoms with E-state index in [1.165, 1.54) is 32.7 Å². The summed E-state index contributed by atoms with van der Waals surface area (Å²) in [5.41, 5.74) is 8.98. The molecule has 0 aromatic heterocycles. The molecule has 0 heterocycles. The fourth-order valence-corrected chi connectivity index (χ4v) is 2.86. The molecule has 100 valence electrons. The zero-order chi connectivity index (χ0) is 14.2. The monoisotopic (exact) mass is 269 g/mol. The third-order valence-corrected chi connectivity index (χ3v) is 3.99. The van der Waals surface area contributed by atoms with E-state index in [1.807, 2.05) is 12.1 Å². The fraction of sp³-hybridized carbons (Fsp3) is 0. The van der Waals surface area contributed by atoms with Crippen LogP contribution in [-0.4, -0.2) is 0 Å². The van der Waals surface area contributed by atoms with Crippen molar-refractivity contribution < 1.29 is 0 Å². The molecule has 21 heavy (non-hydrogen) atoms. The van der Waals surface area contributed by atoms with Gasteiger partial charge in [-0.05, 0) is 50.9 Å². The SMILES string of the molecule is Nc1ccc(-c2ccc3ccc4ccccc4c3c2)cc1. The summed E-state index contributed by atoms with van der Waals surface area (Å²) >= 11 is 0. The molecule has 0 spiro atoms. The van der Waals surface area contributed by atoms with Crippen LogP contribution < -0.4 is 5.73 Å². The molecule has 0 aliphatic rings. The normalized spacial score (nSPS) is 11.0. The Morgan fingerprint density at radius 3 is 1.95 bits per heavy atom. The largest absolute Gasteiger partial charge is 0.399 e. The molecule has 0 saturated carbocycles. The first-order valence-electron chi connectivity index (χ1n) is 7.09. The van der Waals surface area contributed by atoms with Crippen molar-refractivity contribution in [2.45, 2.75) is 0 Å². The van der Waals surface area contributed by atoms with Gasteiger partial charge in [-0.1, -0.05) is 60.7 Å². The predicted molar refractivity (Wildman–Crippen MR) is 91.3 cm³/mol. The zero-order valence-electron chi connectivity index (χ0n) is 11.6. The Morgan fingerprint density at radius 2 is 1.14 bits per heavy atom. The summed E-state index contributed by atoms with van der Waals surface area (Å²) in [5.74, 6) is 0. The molecular weight excluding hydrogens is 254 g/mol. The lowest BCUT2D eigenvalue weighted by molar-refractivity contribution is 1.64. The molecule has 0 atom stereocenters. The zero-order valence-corrected chi connectivity index (χ0v) is 11.6. The van der Waals surface area contributed by atoms with E-state index >= 15 is 0 Å². The van der Waals surface area contributed by atoms with Crippen LogP contribution in [-0.2, 0) is 0 Å². The van der Waals surface area contributed by atoms with E-state index in [0.717, 1.165) is 5.69 Å². The first kappa shape index (κ1) is 12.0. The van der Waals surface area contributed by atoms with Crippen LogP contribution in [0.1, 0.15) is 0 Å². The Kier molecular flexibility index (Phi) is 2.65. The lowest BCUT2D eigenvalue weighted by atomic mass is 9.97. The molecule has 4 aromatic rings. The fourth-order valence-electron chi connectivity index (χ4n) is 2.86. The minimum atomic E-state index is 0.796. The van der Waals surface area contributed by atoms with Crippen molar-refractivity contribution >= 4 is 27.2 Å². The van der Waals surface area contributed by atoms with Gasteiger partial charge in [0.25, 0.3) is 0 Å². The van der Waals surface area contributed by atoms with Gasteiger partial charge in [-0.25, -0.2) is 0 Å². The van der Waals surface area contributed by atoms with Crippen LogP contribution in [0.15, 0.2) is 78.9 Å². The molecule has 1 heteroatoms. The molecule has 0 amide bonds. The molecule has 0 fully saturated rings. The Labute approximate surface area is 123 Å². The van der Waals surface area contributed by atoms with Crippen LogP contribution in [0, 0.1) is 0 Å². The lowest BCUT2D eigenvalue weighted by Crippen LogP contribution is -1.84. The number of benzene rings is 4. The second kappa shape index (κ2) is 4.64. The Hall–Kier alpha value is -2.80. The van der Waals surface area contributed by atoms with Gasteiger partial charge in [0, 0.05) is 5.69 Å².